The van der Waals surface area contributed by atoms with Gasteiger partial charge in [-0.25, -0.2) is 4.79 Å². The van der Waals surface area contributed by atoms with Gasteiger partial charge in [0.05, 0.1) is 6.42 Å². The van der Waals surface area contributed by atoms with Crippen molar-refractivity contribution >= 4 is 35.5 Å². The molecule has 1 unspecified atom stereocenters. The van der Waals surface area contributed by atoms with Crippen LogP contribution in [0.5, 0.6) is 0 Å². The minimum atomic E-state index is -0.515. The third-order valence-electron chi connectivity index (χ3n) is 2.22. The van der Waals surface area contributed by atoms with Crippen LogP contribution in [0.4, 0.5) is 0 Å². The maximum Gasteiger partial charge on any atom is 0.330 e. The third-order valence-corrected chi connectivity index (χ3v) is 4.71. The molecule has 1 rings (SSSR count). The van der Waals surface area contributed by atoms with Crippen molar-refractivity contribution in [1.29, 1.82) is 0 Å². The first-order valence-electron chi connectivity index (χ1n) is 5.90. The Morgan fingerprint density at radius 1 is 1.33 bits per heavy atom. The molecule has 0 aromatic rings. The molecule has 1 aliphatic heterocycles. The smallest absolute Gasteiger partial charge is 0.330 e. The first kappa shape index (κ1) is 15.4. The molecule has 0 aromatic carbocycles. The van der Waals surface area contributed by atoms with Gasteiger partial charge in [0, 0.05) is 11.8 Å². The Hall–Kier alpha value is -0.620. The standard InChI is InChI=1S/C12H18O4S2/c1-2-10(13)15-6-5-11(14)16-12-9-17-7-3-4-8-18-12/h2,12H,1,3-9H2. The second-order valence-corrected chi connectivity index (χ2v) is 6.11. The molecule has 0 bridgehead atoms. The lowest BCUT2D eigenvalue weighted by Gasteiger charge is -2.19. The summed E-state index contributed by atoms with van der Waals surface area (Å²) in [5.41, 5.74) is -0.0714. The zero-order chi connectivity index (χ0) is 13.2. The molecule has 18 heavy (non-hydrogen) atoms. The number of hydrogen-bond donors (Lipinski definition) is 0. The lowest BCUT2D eigenvalue weighted by atomic mass is 10.4. The van der Waals surface area contributed by atoms with Crippen LogP contribution in [0.25, 0.3) is 0 Å². The van der Waals surface area contributed by atoms with Crippen molar-refractivity contribution in [3.05, 3.63) is 12.7 Å². The van der Waals surface area contributed by atoms with Gasteiger partial charge in [0.2, 0.25) is 0 Å². The molecule has 1 atom stereocenters. The van der Waals surface area contributed by atoms with E-state index in [9.17, 15) is 9.59 Å². The molecule has 1 saturated heterocycles. The van der Waals surface area contributed by atoms with E-state index in [0.29, 0.717) is 0 Å². The van der Waals surface area contributed by atoms with Crippen LogP contribution >= 0.6 is 23.5 Å². The molecular weight excluding hydrogens is 272 g/mol. The highest BCUT2D eigenvalue weighted by atomic mass is 32.2. The fraction of sp³-hybridized carbons (Fsp3) is 0.667. The van der Waals surface area contributed by atoms with Crippen LogP contribution in [0.3, 0.4) is 0 Å². The predicted octanol–water partition coefficient (Wildman–Crippen LogP) is 2.24. The summed E-state index contributed by atoms with van der Waals surface area (Å²) in [5, 5.41) is 0. The number of carbonyl (C=O) groups is 2. The van der Waals surface area contributed by atoms with Crippen LogP contribution in [-0.4, -0.2) is 41.2 Å². The van der Waals surface area contributed by atoms with Crippen molar-refractivity contribution in [1.82, 2.24) is 0 Å². The van der Waals surface area contributed by atoms with Crippen molar-refractivity contribution < 1.29 is 19.1 Å². The largest absolute Gasteiger partial charge is 0.462 e. The molecule has 102 valence electrons. The van der Waals surface area contributed by atoms with E-state index in [2.05, 4.69) is 6.58 Å². The maximum atomic E-state index is 11.5. The van der Waals surface area contributed by atoms with Crippen molar-refractivity contribution in [2.75, 3.05) is 23.9 Å². The molecule has 0 radical (unpaired) electrons. The highest BCUT2D eigenvalue weighted by Crippen LogP contribution is 2.23. The van der Waals surface area contributed by atoms with Crippen LogP contribution in [0.1, 0.15) is 19.3 Å². The van der Waals surface area contributed by atoms with E-state index in [1.807, 2.05) is 11.8 Å². The molecule has 6 heteroatoms. The summed E-state index contributed by atoms with van der Waals surface area (Å²) in [7, 11) is 0. The molecule has 0 aliphatic carbocycles. The molecule has 0 saturated carbocycles. The van der Waals surface area contributed by atoms with Gasteiger partial charge >= 0.3 is 11.9 Å². The Labute approximate surface area is 116 Å². The Kier molecular flexibility index (Phi) is 8.00. The van der Waals surface area contributed by atoms with Gasteiger partial charge in [0.1, 0.15) is 6.61 Å². The van der Waals surface area contributed by atoms with Crippen molar-refractivity contribution in [3.8, 4) is 0 Å². The lowest BCUT2D eigenvalue weighted by molar-refractivity contribution is -0.147. The number of hydrogen-bond acceptors (Lipinski definition) is 6. The Bertz CT molecular complexity index is 286. The van der Waals surface area contributed by atoms with E-state index in [-0.39, 0.29) is 24.4 Å². The van der Waals surface area contributed by atoms with E-state index >= 15 is 0 Å². The van der Waals surface area contributed by atoms with Gasteiger partial charge < -0.3 is 9.47 Å². The normalized spacial score (nSPS) is 20.3. The topological polar surface area (TPSA) is 52.6 Å². The maximum absolute atomic E-state index is 11.5. The summed E-state index contributed by atoms with van der Waals surface area (Å²) in [6, 6.07) is 0. The molecule has 1 aliphatic rings. The summed E-state index contributed by atoms with van der Waals surface area (Å²) in [6.45, 7) is 3.32. The molecule has 1 heterocycles. The summed E-state index contributed by atoms with van der Waals surface area (Å²) in [6.07, 6.45) is 3.58. The molecule has 0 N–H and O–H groups in total. The quantitative estimate of drug-likeness (QED) is 0.572. The van der Waals surface area contributed by atoms with Crippen LogP contribution in [-0.2, 0) is 19.1 Å². The Morgan fingerprint density at radius 2 is 2.11 bits per heavy atom. The summed E-state index contributed by atoms with van der Waals surface area (Å²) < 4.78 is 10.1. The van der Waals surface area contributed by atoms with E-state index < -0.39 is 5.97 Å². The molecule has 0 aromatic heterocycles. The number of carbonyl (C=O) groups excluding carboxylic acids is 2. The second kappa shape index (κ2) is 9.33. The molecular formula is C12H18O4S2. The minimum Gasteiger partial charge on any atom is -0.462 e. The average Bonchev–Trinajstić information content (AvgIpc) is 2.32. The zero-order valence-corrected chi connectivity index (χ0v) is 11.9. The number of ether oxygens (including phenoxy) is 2. The van der Waals surface area contributed by atoms with Gasteiger partial charge in [-0.1, -0.05) is 6.58 Å². The average molecular weight is 290 g/mol. The van der Waals surface area contributed by atoms with E-state index in [1.54, 1.807) is 11.8 Å². The number of rotatable bonds is 5. The van der Waals surface area contributed by atoms with E-state index in [4.69, 9.17) is 9.47 Å². The number of esters is 2. The van der Waals surface area contributed by atoms with Crippen molar-refractivity contribution in [2.45, 2.75) is 24.7 Å². The van der Waals surface area contributed by atoms with Gasteiger partial charge in [0.15, 0.2) is 5.44 Å². The SMILES string of the molecule is C=CC(=O)OCCC(=O)OC1CSCCCCS1. The van der Waals surface area contributed by atoms with Crippen LogP contribution in [0.2, 0.25) is 0 Å². The molecule has 1 fully saturated rings. The third kappa shape index (κ3) is 6.96. The van der Waals surface area contributed by atoms with Crippen LogP contribution in [0.15, 0.2) is 12.7 Å². The summed E-state index contributed by atoms with van der Waals surface area (Å²) >= 11 is 3.50. The van der Waals surface area contributed by atoms with Gasteiger partial charge in [-0.2, -0.15) is 11.8 Å². The molecule has 4 nitrogen and oxygen atoms in total. The second-order valence-electron chi connectivity index (χ2n) is 3.69. The summed E-state index contributed by atoms with van der Waals surface area (Å²) in [4.78, 5) is 22.3. The fourth-order valence-corrected chi connectivity index (χ4v) is 3.63. The Morgan fingerprint density at radius 3 is 2.89 bits per heavy atom. The van der Waals surface area contributed by atoms with Crippen molar-refractivity contribution in [2.24, 2.45) is 0 Å². The monoisotopic (exact) mass is 290 g/mol. The van der Waals surface area contributed by atoms with Crippen LogP contribution < -0.4 is 0 Å². The van der Waals surface area contributed by atoms with E-state index in [1.165, 1.54) is 12.8 Å². The first-order chi connectivity index (χ1) is 8.72. The van der Waals surface area contributed by atoms with Gasteiger partial charge in [0.25, 0.3) is 0 Å². The molecule has 0 amide bonds. The van der Waals surface area contributed by atoms with Crippen molar-refractivity contribution in [3.63, 3.8) is 0 Å². The zero-order valence-electron chi connectivity index (χ0n) is 10.3. The highest BCUT2D eigenvalue weighted by Gasteiger charge is 2.16. The highest BCUT2D eigenvalue weighted by molar-refractivity contribution is 8.03. The first-order valence-corrected chi connectivity index (χ1v) is 8.10. The van der Waals surface area contributed by atoms with Crippen LogP contribution in [0, 0.1) is 0 Å². The number of thioether (sulfide) groups is 2. The summed E-state index contributed by atoms with van der Waals surface area (Å²) in [5.74, 6) is 2.17. The van der Waals surface area contributed by atoms with Gasteiger partial charge in [-0.05, 0) is 24.3 Å². The van der Waals surface area contributed by atoms with Gasteiger partial charge in [-0.3, -0.25) is 4.79 Å². The lowest BCUT2D eigenvalue weighted by Crippen LogP contribution is -2.20. The van der Waals surface area contributed by atoms with Gasteiger partial charge in [-0.15, -0.1) is 11.8 Å². The fourth-order valence-electron chi connectivity index (χ4n) is 1.32. The molecule has 0 spiro atoms. The predicted molar refractivity (Wildman–Crippen MR) is 74.7 cm³/mol. The minimum absolute atomic E-state index is 0.0498. The Balaban J connectivity index is 2.17. The van der Waals surface area contributed by atoms with E-state index in [0.717, 1.165) is 23.3 Å².